The fraction of sp³-hybridized carbons (Fsp3) is 0.357. The van der Waals surface area contributed by atoms with Crippen molar-refractivity contribution in [1.29, 1.82) is 0 Å². The van der Waals surface area contributed by atoms with Crippen LogP contribution in [-0.4, -0.2) is 23.8 Å². The van der Waals surface area contributed by atoms with Crippen molar-refractivity contribution in [2.45, 2.75) is 25.9 Å². The molecule has 0 bridgehead atoms. The minimum absolute atomic E-state index is 0.242. The Hall–Kier alpha value is -1.41. The van der Waals surface area contributed by atoms with Crippen molar-refractivity contribution in [3.63, 3.8) is 0 Å². The summed E-state index contributed by atoms with van der Waals surface area (Å²) in [5.74, 6) is 0. The third kappa shape index (κ3) is 2.39. The number of benzene rings is 1. The number of hydrogen-bond acceptors (Lipinski definition) is 2. The number of carbonyl (C=O) groups excluding carboxylic acids is 1. The molecule has 0 saturated heterocycles. The number of rotatable bonds is 3. The molecule has 1 atom stereocenters. The molecule has 1 unspecified atom stereocenters. The molecule has 0 aliphatic carbocycles. The van der Waals surface area contributed by atoms with E-state index in [1.165, 1.54) is 5.56 Å². The molecular weight excluding hydrogens is 198 g/mol. The van der Waals surface area contributed by atoms with Gasteiger partial charge >= 0.3 is 0 Å². The third-order valence-electron chi connectivity index (χ3n) is 3.19. The molecule has 1 aliphatic rings. The van der Waals surface area contributed by atoms with E-state index < -0.39 is 0 Å². The highest BCUT2D eigenvalue weighted by Crippen LogP contribution is 2.18. The lowest BCUT2D eigenvalue weighted by Gasteiger charge is -2.32. The van der Waals surface area contributed by atoms with Crippen LogP contribution in [0.4, 0.5) is 0 Å². The molecule has 1 aromatic carbocycles. The quantitative estimate of drug-likeness (QED) is 0.722. The molecule has 0 N–H and O–H groups in total. The zero-order valence-electron chi connectivity index (χ0n) is 9.60. The van der Waals surface area contributed by atoms with E-state index in [1.54, 1.807) is 0 Å². The lowest BCUT2D eigenvalue weighted by atomic mass is 10.0. The van der Waals surface area contributed by atoms with Gasteiger partial charge in [0, 0.05) is 24.7 Å². The van der Waals surface area contributed by atoms with Gasteiger partial charge in [0.15, 0.2) is 0 Å². The summed E-state index contributed by atoms with van der Waals surface area (Å²) in [6.45, 7) is 4.06. The fourth-order valence-electron chi connectivity index (χ4n) is 2.15. The minimum Gasteiger partial charge on any atom is -0.298 e. The van der Waals surface area contributed by atoms with Crippen molar-refractivity contribution >= 4 is 6.29 Å². The first-order valence-corrected chi connectivity index (χ1v) is 5.74. The maximum Gasteiger partial charge on any atom is 0.147 e. The van der Waals surface area contributed by atoms with Crippen LogP contribution in [0.2, 0.25) is 0 Å². The average Bonchev–Trinajstić information content (AvgIpc) is 2.33. The molecule has 1 aliphatic heterocycles. The zero-order valence-corrected chi connectivity index (χ0v) is 9.60. The SMILES string of the molecule is CC1C(C=O)=CCCN1Cc1ccccc1. The second kappa shape index (κ2) is 5.08. The number of hydrogen-bond donors (Lipinski definition) is 0. The normalized spacial score (nSPS) is 21.6. The Labute approximate surface area is 96.6 Å². The summed E-state index contributed by atoms with van der Waals surface area (Å²) in [5.41, 5.74) is 2.23. The standard InChI is InChI=1S/C14H17NO/c1-12-14(11-16)8-5-9-15(12)10-13-6-3-2-4-7-13/h2-4,6-8,11-12H,5,9-10H2,1H3. The smallest absolute Gasteiger partial charge is 0.147 e. The lowest BCUT2D eigenvalue weighted by Crippen LogP contribution is -2.37. The van der Waals surface area contributed by atoms with Crippen LogP contribution in [0.1, 0.15) is 18.9 Å². The van der Waals surface area contributed by atoms with Gasteiger partial charge in [0.05, 0.1) is 0 Å². The summed E-state index contributed by atoms with van der Waals surface area (Å²) in [7, 11) is 0. The molecule has 2 rings (SSSR count). The van der Waals surface area contributed by atoms with E-state index in [2.05, 4.69) is 42.2 Å². The van der Waals surface area contributed by atoms with Crippen molar-refractivity contribution in [1.82, 2.24) is 4.90 Å². The molecule has 16 heavy (non-hydrogen) atoms. The Kier molecular flexibility index (Phi) is 3.52. The maximum absolute atomic E-state index is 10.9. The van der Waals surface area contributed by atoms with Crippen LogP contribution < -0.4 is 0 Å². The topological polar surface area (TPSA) is 20.3 Å². The summed E-state index contributed by atoms with van der Waals surface area (Å²) in [6.07, 6.45) is 4.02. The molecule has 1 aromatic rings. The van der Waals surface area contributed by atoms with E-state index in [0.29, 0.717) is 0 Å². The Bertz CT molecular complexity index is 383. The molecular formula is C14H17NO. The summed E-state index contributed by atoms with van der Waals surface area (Å²) in [5, 5.41) is 0. The van der Waals surface area contributed by atoms with Crippen LogP contribution in [0.3, 0.4) is 0 Å². The van der Waals surface area contributed by atoms with Crippen LogP contribution >= 0.6 is 0 Å². The third-order valence-corrected chi connectivity index (χ3v) is 3.19. The molecule has 0 aromatic heterocycles. The molecule has 0 radical (unpaired) electrons. The van der Waals surface area contributed by atoms with Crippen LogP contribution in [0.25, 0.3) is 0 Å². The summed E-state index contributed by atoms with van der Waals surface area (Å²) < 4.78 is 0. The van der Waals surface area contributed by atoms with Crippen molar-refractivity contribution < 1.29 is 4.79 Å². The average molecular weight is 215 g/mol. The van der Waals surface area contributed by atoms with Crippen LogP contribution in [-0.2, 0) is 11.3 Å². The van der Waals surface area contributed by atoms with Gasteiger partial charge in [-0.1, -0.05) is 36.4 Å². The van der Waals surface area contributed by atoms with Crippen LogP contribution in [0.15, 0.2) is 42.0 Å². The Balaban J connectivity index is 2.06. The van der Waals surface area contributed by atoms with Crippen molar-refractivity contribution in [2.24, 2.45) is 0 Å². The van der Waals surface area contributed by atoms with E-state index in [-0.39, 0.29) is 6.04 Å². The van der Waals surface area contributed by atoms with Gasteiger partial charge < -0.3 is 0 Å². The van der Waals surface area contributed by atoms with Gasteiger partial charge in [-0.2, -0.15) is 0 Å². The summed E-state index contributed by atoms with van der Waals surface area (Å²) >= 11 is 0. The fourth-order valence-corrected chi connectivity index (χ4v) is 2.15. The predicted molar refractivity (Wildman–Crippen MR) is 65.1 cm³/mol. The number of nitrogens with zero attached hydrogens (tertiary/aromatic N) is 1. The molecule has 0 amide bonds. The summed E-state index contributed by atoms with van der Waals surface area (Å²) in [4.78, 5) is 13.2. The monoisotopic (exact) mass is 215 g/mol. The van der Waals surface area contributed by atoms with Gasteiger partial charge in [0.1, 0.15) is 6.29 Å². The largest absolute Gasteiger partial charge is 0.298 e. The second-order valence-corrected chi connectivity index (χ2v) is 4.24. The Morgan fingerprint density at radius 1 is 1.38 bits per heavy atom. The van der Waals surface area contributed by atoms with E-state index in [0.717, 1.165) is 31.4 Å². The summed E-state index contributed by atoms with van der Waals surface area (Å²) in [6, 6.07) is 10.6. The van der Waals surface area contributed by atoms with E-state index in [9.17, 15) is 4.79 Å². The van der Waals surface area contributed by atoms with E-state index >= 15 is 0 Å². The van der Waals surface area contributed by atoms with Crippen LogP contribution in [0, 0.1) is 0 Å². The van der Waals surface area contributed by atoms with Crippen LogP contribution in [0.5, 0.6) is 0 Å². The first-order chi connectivity index (χ1) is 7.81. The molecule has 0 fully saturated rings. The van der Waals surface area contributed by atoms with Gasteiger partial charge in [-0.3, -0.25) is 9.69 Å². The highest BCUT2D eigenvalue weighted by atomic mass is 16.1. The highest BCUT2D eigenvalue weighted by Gasteiger charge is 2.20. The number of carbonyl (C=O) groups is 1. The highest BCUT2D eigenvalue weighted by molar-refractivity contribution is 5.75. The van der Waals surface area contributed by atoms with Gasteiger partial charge in [-0.05, 0) is 18.9 Å². The molecule has 2 nitrogen and oxygen atoms in total. The minimum atomic E-state index is 0.242. The molecule has 84 valence electrons. The lowest BCUT2D eigenvalue weighted by molar-refractivity contribution is -0.105. The molecule has 0 saturated carbocycles. The first-order valence-electron chi connectivity index (χ1n) is 5.74. The number of aldehydes is 1. The van der Waals surface area contributed by atoms with Gasteiger partial charge in [-0.15, -0.1) is 0 Å². The van der Waals surface area contributed by atoms with E-state index in [1.807, 2.05) is 6.07 Å². The van der Waals surface area contributed by atoms with Crippen molar-refractivity contribution in [3.05, 3.63) is 47.5 Å². The van der Waals surface area contributed by atoms with Crippen molar-refractivity contribution in [2.75, 3.05) is 6.54 Å². The predicted octanol–water partition coefficient (Wildman–Crippen LogP) is 2.41. The van der Waals surface area contributed by atoms with Gasteiger partial charge in [-0.25, -0.2) is 0 Å². The Morgan fingerprint density at radius 2 is 2.12 bits per heavy atom. The maximum atomic E-state index is 10.9. The van der Waals surface area contributed by atoms with Gasteiger partial charge in [0.25, 0.3) is 0 Å². The molecule has 2 heteroatoms. The van der Waals surface area contributed by atoms with Crippen molar-refractivity contribution in [3.8, 4) is 0 Å². The first kappa shape index (κ1) is 11.1. The zero-order chi connectivity index (χ0) is 11.4. The second-order valence-electron chi connectivity index (χ2n) is 4.24. The van der Waals surface area contributed by atoms with E-state index in [4.69, 9.17) is 0 Å². The Morgan fingerprint density at radius 3 is 2.81 bits per heavy atom. The molecule has 1 heterocycles. The molecule has 0 spiro atoms. The van der Waals surface area contributed by atoms with Gasteiger partial charge in [0.2, 0.25) is 0 Å².